The molecule has 2 aliphatic rings. The standard InChI is InChI=1S/C21H26N2O3S2/c1-6-16-19(24)23-18(14-7-9-15(27-5)10-8-14)17(13(4)22-21(23)28-16)20(25)26-11-12(2)3/h7-10,12,16,18H,6,11H2,1-5H3/t16-,18-/m0/s1. The van der Waals surface area contributed by atoms with Crippen LogP contribution in [0.2, 0.25) is 0 Å². The van der Waals surface area contributed by atoms with Crippen molar-refractivity contribution in [2.45, 2.75) is 50.3 Å². The number of aliphatic imine (C=N–C) groups is 1. The molecule has 1 saturated heterocycles. The first-order valence-corrected chi connectivity index (χ1v) is 11.6. The van der Waals surface area contributed by atoms with E-state index in [4.69, 9.17) is 4.74 Å². The molecule has 0 spiro atoms. The van der Waals surface area contributed by atoms with Crippen LogP contribution in [0, 0.1) is 5.92 Å². The molecule has 7 heteroatoms. The Morgan fingerprint density at radius 1 is 1.32 bits per heavy atom. The maximum atomic E-state index is 13.1. The summed E-state index contributed by atoms with van der Waals surface area (Å²) in [5.74, 6) is -0.155. The fraction of sp³-hybridized carbons (Fsp3) is 0.476. The summed E-state index contributed by atoms with van der Waals surface area (Å²) in [4.78, 5) is 33.4. The zero-order chi connectivity index (χ0) is 20.4. The highest BCUT2D eigenvalue weighted by Crippen LogP contribution is 2.44. The second-order valence-electron chi connectivity index (χ2n) is 7.28. The van der Waals surface area contributed by atoms with Crippen molar-refractivity contribution in [3.8, 4) is 0 Å². The fourth-order valence-electron chi connectivity index (χ4n) is 3.27. The van der Waals surface area contributed by atoms with Crippen molar-refractivity contribution >= 4 is 40.6 Å². The summed E-state index contributed by atoms with van der Waals surface area (Å²) in [5, 5.41) is 0.513. The number of esters is 1. The Balaban J connectivity index is 2.05. The lowest BCUT2D eigenvalue weighted by Crippen LogP contribution is -2.40. The van der Waals surface area contributed by atoms with Gasteiger partial charge < -0.3 is 4.74 Å². The summed E-state index contributed by atoms with van der Waals surface area (Å²) < 4.78 is 5.53. The summed E-state index contributed by atoms with van der Waals surface area (Å²) in [6.45, 7) is 8.15. The molecule has 0 aliphatic carbocycles. The predicted molar refractivity (Wildman–Crippen MR) is 115 cm³/mol. The molecule has 150 valence electrons. The molecule has 5 nitrogen and oxygen atoms in total. The first kappa shape index (κ1) is 21.0. The second kappa shape index (κ2) is 8.74. The lowest BCUT2D eigenvalue weighted by Gasteiger charge is -2.33. The van der Waals surface area contributed by atoms with Crippen molar-refractivity contribution in [3.63, 3.8) is 0 Å². The molecule has 3 rings (SSSR count). The van der Waals surface area contributed by atoms with Crippen LogP contribution in [0.15, 0.2) is 45.4 Å². The van der Waals surface area contributed by atoms with Crippen LogP contribution in [0.1, 0.15) is 45.7 Å². The van der Waals surface area contributed by atoms with E-state index in [1.807, 2.05) is 58.2 Å². The highest BCUT2D eigenvalue weighted by Gasteiger charge is 2.47. The third kappa shape index (κ3) is 4.01. The van der Waals surface area contributed by atoms with E-state index in [0.29, 0.717) is 23.0 Å². The fourth-order valence-corrected chi connectivity index (χ4v) is 4.81. The zero-order valence-corrected chi connectivity index (χ0v) is 18.5. The van der Waals surface area contributed by atoms with E-state index in [-0.39, 0.29) is 17.1 Å². The van der Waals surface area contributed by atoms with Crippen molar-refractivity contribution in [1.82, 2.24) is 4.90 Å². The first-order chi connectivity index (χ1) is 13.4. The normalized spacial score (nSPS) is 21.9. The number of hydrogen-bond acceptors (Lipinski definition) is 6. The van der Waals surface area contributed by atoms with Crippen LogP contribution in [-0.4, -0.2) is 40.1 Å². The molecule has 1 fully saturated rings. The minimum Gasteiger partial charge on any atom is -0.462 e. The first-order valence-electron chi connectivity index (χ1n) is 9.47. The van der Waals surface area contributed by atoms with E-state index in [1.54, 1.807) is 16.7 Å². The van der Waals surface area contributed by atoms with Gasteiger partial charge >= 0.3 is 5.97 Å². The molecule has 1 aromatic rings. The van der Waals surface area contributed by atoms with Crippen LogP contribution in [0.4, 0.5) is 0 Å². The Morgan fingerprint density at radius 2 is 2.00 bits per heavy atom. The maximum absolute atomic E-state index is 13.1. The predicted octanol–water partition coefficient (Wildman–Crippen LogP) is 4.65. The lowest BCUT2D eigenvalue weighted by molar-refractivity contribution is -0.141. The summed E-state index contributed by atoms with van der Waals surface area (Å²) in [6.07, 6.45) is 2.74. The number of benzene rings is 1. The van der Waals surface area contributed by atoms with Gasteiger partial charge in [-0.1, -0.05) is 44.7 Å². The number of amides is 1. The van der Waals surface area contributed by atoms with E-state index in [2.05, 4.69) is 4.99 Å². The molecule has 0 N–H and O–H groups in total. The van der Waals surface area contributed by atoms with Crippen LogP contribution in [0.3, 0.4) is 0 Å². The largest absolute Gasteiger partial charge is 0.462 e. The number of nitrogens with zero attached hydrogens (tertiary/aromatic N) is 2. The van der Waals surface area contributed by atoms with Gasteiger partial charge in [0.05, 0.1) is 29.2 Å². The van der Waals surface area contributed by atoms with Gasteiger partial charge in [0, 0.05) is 4.90 Å². The number of hydrogen-bond donors (Lipinski definition) is 0. The molecule has 1 amide bonds. The van der Waals surface area contributed by atoms with Gasteiger partial charge in [0.1, 0.15) is 0 Å². The molecule has 0 aromatic heterocycles. The van der Waals surface area contributed by atoms with E-state index < -0.39 is 12.0 Å². The Morgan fingerprint density at radius 3 is 2.57 bits per heavy atom. The van der Waals surface area contributed by atoms with Crippen molar-refractivity contribution < 1.29 is 14.3 Å². The highest BCUT2D eigenvalue weighted by molar-refractivity contribution is 8.15. The van der Waals surface area contributed by atoms with Gasteiger partial charge in [-0.15, -0.1) is 11.8 Å². The molecular formula is C21H26N2O3S2. The number of ether oxygens (including phenoxy) is 1. The number of fused-ring (bicyclic) bond motifs is 1. The lowest BCUT2D eigenvalue weighted by atomic mass is 9.94. The van der Waals surface area contributed by atoms with Crippen LogP contribution < -0.4 is 0 Å². The second-order valence-corrected chi connectivity index (χ2v) is 9.33. The van der Waals surface area contributed by atoms with Gasteiger partial charge in [0.25, 0.3) is 0 Å². The number of allylic oxidation sites excluding steroid dienone is 1. The van der Waals surface area contributed by atoms with Gasteiger partial charge in [0.2, 0.25) is 5.91 Å². The Labute approximate surface area is 175 Å². The number of rotatable bonds is 6. The molecule has 2 aliphatic heterocycles. The van der Waals surface area contributed by atoms with Gasteiger partial charge in [-0.05, 0) is 43.2 Å². The Bertz CT molecular complexity index is 831. The van der Waals surface area contributed by atoms with Gasteiger partial charge in [-0.2, -0.15) is 0 Å². The monoisotopic (exact) mass is 418 g/mol. The number of carbonyl (C=O) groups excluding carboxylic acids is 2. The molecule has 2 heterocycles. The average molecular weight is 419 g/mol. The minimum absolute atomic E-state index is 0.00635. The maximum Gasteiger partial charge on any atom is 0.338 e. The summed E-state index contributed by atoms with van der Waals surface area (Å²) in [5.41, 5.74) is 1.97. The summed E-state index contributed by atoms with van der Waals surface area (Å²) >= 11 is 3.14. The molecule has 1 aromatic carbocycles. The molecule has 28 heavy (non-hydrogen) atoms. The summed E-state index contributed by atoms with van der Waals surface area (Å²) in [6, 6.07) is 7.50. The average Bonchev–Trinajstić information content (AvgIpc) is 3.00. The highest BCUT2D eigenvalue weighted by atomic mass is 32.2. The molecular weight excluding hydrogens is 392 g/mol. The van der Waals surface area contributed by atoms with E-state index >= 15 is 0 Å². The molecule has 0 saturated carbocycles. The quantitative estimate of drug-likeness (QED) is 0.497. The number of amidine groups is 1. The van der Waals surface area contributed by atoms with Crippen LogP contribution in [0.25, 0.3) is 0 Å². The third-order valence-electron chi connectivity index (χ3n) is 4.72. The van der Waals surface area contributed by atoms with E-state index in [0.717, 1.165) is 16.9 Å². The smallest absolute Gasteiger partial charge is 0.338 e. The minimum atomic E-state index is -0.500. The van der Waals surface area contributed by atoms with Crippen LogP contribution in [0.5, 0.6) is 0 Å². The van der Waals surface area contributed by atoms with Crippen LogP contribution >= 0.6 is 23.5 Å². The van der Waals surface area contributed by atoms with Gasteiger partial charge in [-0.3, -0.25) is 9.69 Å². The van der Waals surface area contributed by atoms with Crippen LogP contribution in [-0.2, 0) is 14.3 Å². The Hall–Kier alpha value is -1.73. The van der Waals surface area contributed by atoms with E-state index in [1.165, 1.54) is 11.8 Å². The van der Waals surface area contributed by atoms with Crippen molar-refractivity contribution in [2.24, 2.45) is 10.9 Å². The molecule has 2 atom stereocenters. The summed E-state index contributed by atoms with van der Waals surface area (Å²) in [7, 11) is 0. The van der Waals surface area contributed by atoms with Crippen molar-refractivity contribution in [1.29, 1.82) is 0 Å². The number of carbonyl (C=O) groups is 2. The Kier molecular flexibility index (Phi) is 6.55. The van der Waals surface area contributed by atoms with Crippen molar-refractivity contribution in [2.75, 3.05) is 12.9 Å². The molecule has 0 radical (unpaired) electrons. The molecule has 0 bridgehead atoms. The third-order valence-corrected chi connectivity index (χ3v) is 6.78. The number of thioether (sulfide) groups is 2. The van der Waals surface area contributed by atoms with Crippen molar-refractivity contribution in [3.05, 3.63) is 41.1 Å². The SMILES string of the molecule is CC[C@@H]1SC2=NC(C)=C(C(=O)OCC(C)C)[C@H](c3ccc(SC)cc3)N2C1=O. The molecule has 0 unspecified atom stereocenters. The van der Waals surface area contributed by atoms with E-state index in [9.17, 15) is 9.59 Å². The van der Waals surface area contributed by atoms with Gasteiger partial charge in [0.15, 0.2) is 5.17 Å². The topological polar surface area (TPSA) is 59.0 Å². The zero-order valence-electron chi connectivity index (χ0n) is 16.9. The van der Waals surface area contributed by atoms with Gasteiger partial charge in [-0.25, -0.2) is 9.79 Å².